The quantitative estimate of drug-likeness (QED) is 0.747. The van der Waals surface area contributed by atoms with E-state index < -0.39 is 0 Å². The van der Waals surface area contributed by atoms with Gasteiger partial charge in [0.1, 0.15) is 11.6 Å². The molecule has 2 N–H and O–H groups in total. The maximum atomic E-state index is 5.92. The highest BCUT2D eigenvalue weighted by atomic mass is 35.5. The van der Waals surface area contributed by atoms with E-state index in [0.29, 0.717) is 10.8 Å². The Bertz CT molecular complexity index is 508. The molecule has 0 saturated carbocycles. The molecule has 2 aromatic rings. The van der Waals surface area contributed by atoms with Crippen molar-refractivity contribution in [2.75, 3.05) is 5.73 Å². The lowest BCUT2D eigenvalue weighted by Gasteiger charge is -2.16. The van der Waals surface area contributed by atoms with E-state index in [-0.39, 0.29) is 5.41 Å². The molecule has 2 heterocycles. The Labute approximate surface area is 93.9 Å². The molecule has 0 saturated heterocycles. The van der Waals surface area contributed by atoms with Crippen molar-refractivity contribution >= 4 is 22.9 Å². The van der Waals surface area contributed by atoms with E-state index in [1.807, 2.05) is 22.7 Å². The summed E-state index contributed by atoms with van der Waals surface area (Å²) in [6, 6.07) is 3.67. The van der Waals surface area contributed by atoms with Crippen LogP contribution in [0.3, 0.4) is 0 Å². The predicted molar refractivity (Wildman–Crippen MR) is 63.3 cm³/mol. The van der Waals surface area contributed by atoms with Crippen LogP contribution in [0.2, 0.25) is 5.02 Å². The largest absolute Gasteiger partial charge is 0.382 e. The van der Waals surface area contributed by atoms with Crippen LogP contribution in [0.15, 0.2) is 18.3 Å². The Balaban J connectivity index is 2.79. The molecule has 0 spiro atoms. The third kappa shape index (κ3) is 1.67. The summed E-state index contributed by atoms with van der Waals surface area (Å²) in [6.07, 6.45) is 1.90. The van der Waals surface area contributed by atoms with Crippen molar-refractivity contribution < 1.29 is 0 Å². The third-order valence-electron chi connectivity index (χ3n) is 2.30. The molecule has 0 aliphatic rings. The van der Waals surface area contributed by atoms with Crippen LogP contribution < -0.4 is 5.73 Å². The second-order valence-corrected chi connectivity index (χ2v) is 5.11. The summed E-state index contributed by atoms with van der Waals surface area (Å²) in [5, 5.41) is 0.676. The molecule has 0 aliphatic carbocycles. The number of fused-ring (bicyclic) bond motifs is 1. The summed E-state index contributed by atoms with van der Waals surface area (Å²) >= 11 is 5.92. The fraction of sp³-hybridized carbons (Fsp3) is 0.364. The zero-order valence-corrected chi connectivity index (χ0v) is 9.84. The molecule has 0 fully saturated rings. The number of aromatic nitrogens is 2. The van der Waals surface area contributed by atoms with Crippen LogP contribution >= 0.6 is 11.6 Å². The molecule has 0 aliphatic heterocycles. The second-order valence-electron chi connectivity index (χ2n) is 4.67. The molecule has 0 radical (unpaired) electrons. The molecular formula is C11H14ClN3. The van der Waals surface area contributed by atoms with Gasteiger partial charge >= 0.3 is 0 Å². The van der Waals surface area contributed by atoms with Gasteiger partial charge in [0.2, 0.25) is 0 Å². The highest BCUT2D eigenvalue weighted by Gasteiger charge is 2.21. The summed E-state index contributed by atoms with van der Waals surface area (Å²) < 4.78 is 1.99. The van der Waals surface area contributed by atoms with Gasteiger partial charge in [-0.2, -0.15) is 0 Å². The van der Waals surface area contributed by atoms with Crippen LogP contribution in [0, 0.1) is 0 Å². The topological polar surface area (TPSA) is 43.3 Å². The summed E-state index contributed by atoms with van der Waals surface area (Å²) in [7, 11) is 0. The molecule has 0 atom stereocenters. The Hall–Kier alpha value is -1.22. The number of pyridine rings is 1. The zero-order valence-electron chi connectivity index (χ0n) is 9.08. The summed E-state index contributed by atoms with van der Waals surface area (Å²) in [6.45, 7) is 6.32. The molecule has 0 bridgehead atoms. The molecule has 3 nitrogen and oxygen atoms in total. The predicted octanol–water partition coefficient (Wildman–Crippen LogP) is 2.87. The fourth-order valence-electron chi connectivity index (χ4n) is 1.61. The van der Waals surface area contributed by atoms with Gasteiger partial charge in [-0.15, -0.1) is 0 Å². The van der Waals surface area contributed by atoms with Crippen LogP contribution in [-0.2, 0) is 5.41 Å². The molecule has 0 unspecified atom stereocenters. The number of imidazole rings is 1. The fourth-order valence-corrected chi connectivity index (χ4v) is 1.77. The first-order chi connectivity index (χ1) is 6.89. The van der Waals surface area contributed by atoms with Gasteiger partial charge in [0.25, 0.3) is 0 Å². The van der Waals surface area contributed by atoms with Gasteiger partial charge in [0, 0.05) is 16.6 Å². The first-order valence-electron chi connectivity index (χ1n) is 4.83. The molecule has 15 heavy (non-hydrogen) atoms. The van der Waals surface area contributed by atoms with Crippen LogP contribution in [0.25, 0.3) is 5.52 Å². The molecule has 0 amide bonds. The van der Waals surface area contributed by atoms with Crippen LogP contribution in [0.5, 0.6) is 0 Å². The van der Waals surface area contributed by atoms with Crippen molar-refractivity contribution in [3.05, 3.63) is 29.2 Å². The monoisotopic (exact) mass is 223 g/mol. The van der Waals surface area contributed by atoms with Crippen molar-refractivity contribution in [1.82, 2.24) is 9.38 Å². The van der Waals surface area contributed by atoms with Crippen molar-refractivity contribution in [2.45, 2.75) is 26.2 Å². The number of halogens is 1. The van der Waals surface area contributed by atoms with Gasteiger partial charge in [0.05, 0.1) is 5.52 Å². The van der Waals surface area contributed by atoms with Crippen molar-refractivity contribution in [1.29, 1.82) is 0 Å². The number of rotatable bonds is 0. The van der Waals surface area contributed by atoms with E-state index in [0.717, 1.165) is 11.3 Å². The third-order valence-corrected chi connectivity index (χ3v) is 2.54. The summed E-state index contributed by atoms with van der Waals surface area (Å²) in [5.74, 6) is 1.48. The number of anilines is 1. The zero-order chi connectivity index (χ0) is 11.2. The van der Waals surface area contributed by atoms with Gasteiger partial charge in [-0.1, -0.05) is 32.4 Å². The minimum Gasteiger partial charge on any atom is -0.382 e. The smallest absolute Gasteiger partial charge is 0.149 e. The average molecular weight is 224 g/mol. The van der Waals surface area contributed by atoms with Gasteiger partial charge in [0.15, 0.2) is 0 Å². The first-order valence-corrected chi connectivity index (χ1v) is 5.21. The molecule has 0 aromatic carbocycles. The summed E-state index contributed by atoms with van der Waals surface area (Å²) in [5.41, 5.74) is 6.69. The highest BCUT2D eigenvalue weighted by molar-refractivity contribution is 6.31. The summed E-state index contributed by atoms with van der Waals surface area (Å²) in [4.78, 5) is 4.38. The SMILES string of the molecule is CC(C)(C)c1nc(N)c2cc(Cl)ccn12. The molecule has 80 valence electrons. The van der Waals surface area contributed by atoms with E-state index in [1.165, 1.54) is 0 Å². The minimum atomic E-state index is -0.0334. The average Bonchev–Trinajstić information content (AvgIpc) is 2.43. The number of nitrogens with zero attached hydrogens (tertiary/aromatic N) is 2. The number of hydrogen-bond donors (Lipinski definition) is 1. The lowest BCUT2D eigenvalue weighted by Crippen LogP contribution is -2.15. The molecular weight excluding hydrogens is 210 g/mol. The Morgan fingerprint density at radius 3 is 2.67 bits per heavy atom. The van der Waals surface area contributed by atoms with Gasteiger partial charge in [-0.25, -0.2) is 4.98 Å². The number of nitrogen functional groups attached to an aromatic ring is 1. The Morgan fingerprint density at radius 2 is 2.07 bits per heavy atom. The minimum absolute atomic E-state index is 0.0334. The number of nitrogens with two attached hydrogens (primary N) is 1. The standard InChI is InChI=1S/C11H14ClN3/c1-11(2,3)10-14-9(13)8-6-7(12)4-5-15(8)10/h4-6H,13H2,1-3H3. The van der Waals surface area contributed by atoms with Crippen molar-refractivity contribution in [3.63, 3.8) is 0 Å². The van der Waals surface area contributed by atoms with E-state index in [1.54, 1.807) is 0 Å². The van der Waals surface area contributed by atoms with Crippen LogP contribution in [0.4, 0.5) is 5.82 Å². The molecule has 2 aromatic heterocycles. The van der Waals surface area contributed by atoms with Crippen LogP contribution in [-0.4, -0.2) is 9.38 Å². The maximum absolute atomic E-state index is 5.92. The van der Waals surface area contributed by atoms with E-state index in [9.17, 15) is 0 Å². The lowest BCUT2D eigenvalue weighted by atomic mass is 9.96. The van der Waals surface area contributed by atoms with Gasteiger partial charge in [-0.3, -0.25) is 0 Å². The van der Waals surface area contributed by atoms with E-state index >= 15 is 0 Å². The van der Waals surface area contributed by atoms with Crippen molar-refractivity contribution in [2.24, 2.45) is 0 Å². The highest BCUT2D eigenvalue weighted by Crippen LogP contribution is 2.27. The van der Waals surface area contributed by atoms with E-state index in [4.69, 9.17) is 17.3 Å². The molecule has 2 rings (SSSR count). The second kappa shape index (κ2) is 3.14. The maximum Gasteiger partial charge on any atom is 0.149 e. The Morgan fingerprint density at radius 1 is 1.40 bits per heavy atom. The van der Waals surface area contributed by atoms with Crippen LogP contribution in [0.1, 0.15) is 26.6 Å². The molecule has 4 heteroatoms. The Kier molecular flexibility index (Phi) is 2.15. The lowest BCUT2D eigenvalue weighted by molar-refractivity contribution is 0.543. The van der Waals surface area contributed by atoms with Gasteiger partial charge < -0.3 is 10.1 Å². The normalized spacial score (nSPS) is 12.3. The van der Waals surface area contributed by atoms with E-state index in [2.05, 4.69) is 25.8 Å². The first kappa shape index (κ1) is 10.3. The van der Waals surface area contributed by atoms with Crippen molar-refractivity contribution in [3.8, 4) is 0 Å². The number of hydrogen-bond acceptors (Lipinski definition) is 2. The van der Waals surface area contributed by atoms with Gasteiger partial charge in [-0.05, 0) is 12.1 Å².